The summed E-state index contributed by atoms with van der Waals surface area (Å²) in [5, 5.41) is 12.6. The molecule has 1 fully saturated rings. The van der Waals surface area contributed by atoms with Gasteiger partial charge in [0.25, 0.3) is 0 Å². The van der Waals surface area contributed by atoms with Crippen LogP contribution in [0.3, 0.4) is 0 Å². The lowest BCUT2D eigenvalue weighted by atomic mass is 9.79. The highest BCUT2D eigenvalue weighted by Crippen LogP contribution is 2.36. The highest BCUT2D eigenvalue weighted by molar-refractivity contribution is 5.84. The topological polar surface area (TPSA) is 63.3 Å². The minimum absolute atomic E-state index is 0.0485. The maximum atomic E-state index is 10.7. The molecule has 1 N–H and O–H groups in total. The van der Waals surface area contributed by atoms with Crippen LogP contribution in [-0.2, 0) is 0 Å². The fourth-order valence-corrected chi connectivity index (χ4v) is 2.45. The number of carbonyl (C=O) groups is 1. The van der Waals surface area contributed by atoms with Crippen LogP contribution in [0.4, 0.5) is 0 Å². The molecular weight excluding hydrogens is 206 g/mol. The number of rotatable bonds is 3. The number of aromatic nitrogens is 1. The van der Waals surface area contributed by atoms with Gasteiger partial charge in [0.1, 0.15) is 0 Å². The SMILES string of the molecule is CCC1CCC(c2cc(C(=O)O)on2)CC1. The Morgan fingerprint density at radius 3 is 2.69 bits per heavy atom. The lowest BCUT2D eigenvalue weighted by Crippen LogP contribution is -2.12. The molecule has 1 saturated carbocycles. The van der Waals surface area contributed by atoms with Crippen molar-refractivity contribution in [1.82, 2.24) is 5.16 Å². The maximum Gasteiger partial charge on any atom is 0.374 e. The molecule has 1 heterocycles. The second-order valence-corrected chi connectivity index (χ2v) is 4.55. The van der Waals surface area contributed by atoms with E-state index in [1.165, 1.54) is 19.3 Å². The van der Waals surface area contributed by atoms with Gasteiger partial charge in [-0.2, -0.15) is 0 Å². The first kappa shape index (κ1) is 11.2. The van der Waals surface area contributed by atoms with E-state index in [0.717, 1.165) is 24.5 Å². The summed E-state index contributed by atoms with van der Waals surface area (Å²) in [5.74, 6) is 0.135. The number of hydrogen-bond donors (Lipinski definition) is 1. The molecule has 1 aliphatic rings. The van der Waals surface area contributed by atoms with Crippen molar-refractivity contribution >= 4 is 5.97 Å². The summed E-state index contributed by atoms with van der Waals surface area (Å²) in [4.78, 5) is 10.7. The van der Waals surface area contributed by atoms with Gasteiger partial charge in [0, 0.05) is 12.0 Å². The van der Waals surface area contributed by atoms with E-state index in [2.05, 4.69) is 12.1 Å². The minimum atomic E-state index is -1.04. The van der Waals surface area contributed by atoms with Crippen molar-refractivity contribution in [3.05, 3.63) is 17.5 Å². The van der Waals surface area contributed by atoms with Crippen LogP contribution < -0.4 is 0 Å². The van der Waals surface area contributed by atoms with Crippen LogP contribution in [-0.4, -0.2) is 16.2 Å². The zero-order valence-corrected chi connectivity index (χ0v) is 9.48. The summed E-state index contributed by atoms with van der Waals surface area (Å²) < 4.78 is 4.78. The lowest BCUT2D eigenvalue weighted by molar-refractivity contribution is 0.0652. The molecule has 0 aromatic carbocycles. The van der Waals surface area contributed by atoms with Crippen molar-refractivity contribution in [2.24, 2.45) is 5.92 Å². The van der Waals surface area contributed by atoms with Gasteiger partial charge in [-0.05, 0) is 31.6 Å². The van der Waals surface area contributed by atoms with Crippen LogP contribution in [0.1, 0.15) is 61.2 Å². The molecule has 4 heteroatoms. The Kier molecular flexibility index (Phi) is 3.27. The van der Waals surface area contributed by atoms with Crippen LogP contribution >= 0.6 is 0 Å². The molecule has 1 aromatic rings. The lowest BCUT2D eigenvalue weighted by Gasteiger charge is -2.26. The van der Waals surface area contributed by atoms with E-state index in [0.29, 0.717) is 5.92 Å². The number of hydrogen-bond acceptors (Lipinski definition) is 3. The van der Waals surface area contributed by atoms with Crippen LogP contribution in [0.2, 0.25) is 0 Å². The Bertz CT molecular complexity index is 364. The summed E-state index contributed by atoms with van der Waals surface area (Å²) in [6.45, 7) is 2.23. The third-order valence-electron chi connectivity index (χ3n) is 3.58. The third kappa shape index (κ3) is 2.26. The van der Waals surface area contributed by atoms with Gasteiger partial charge in [-0.25, -0.2) is 4.79 Å². The van der Waals surface area contributed by atoms with Crippen molar-refractivity contribution in [3.8, 4) is 0 Å². The molecular formula is C12H17NO3. The van der Waals surface area contributed by atoms with Gasteiger partial charge in [0.15, 0.2) is 0 Å². The van der Waals surface area contributed by atoms with Crippen molar-refractivity contribution in [1.29, 1.82) is 0 Å². The van der Waals surface area contributed by atoms with Gasteiger partial charge in [-0.3, -0.25) is 0 Å². The quantitative estimate of drug-likeness (QED) is 0.855. The fraction of sp³-hybridized carbons (Fsp3) is 0.667. The smallest absolute Gasteiger partial charge is 0.374 e. The molecule has 0 aliphatic heterocycles. The molecule has 0 bridgehead atoms. The molecule has 4 nitrogen and oxygen atoms in total. The molecule has 1 aromatic heterocycles. The van der Waals surface area contributed by atoms with E-state index in [1.54, 1.807) is 6.07 Å². The molecule has 0 atom stereocenters. The average molecular weight is 223 g/mol. The summed E-state index contributed by atoms with van der Waals surface area (Å²) in [6, 6.07) is 1.57. The number of carboxylic acid groups (broad SMARTS) is 1. The number of aromatic carboxylic acids is 1. The minimum Gasteiger partial charge on any atom is -0.475 e. The monoisotopic (exact) mass is 223 g/mol. The molecule has 88 valence electrons. The Morgan fingerprint density at radius 1 is 1.50 bits per heavy atom. The largest absolute Gasteiger partial charge is 0.475 e. The maximum absolute atomic E-state index is 10.7. The van der Waals surface area contributed by atoms with E-state index in [9.17, 15) is 4.79 Å². The molecule has 2 rings (SSSR count). The Hall–Kier alpha value is -1.32. The van der Waals surface area contributed by atoms with Gasteiger partial charge in [-0.1, -0.05) is 18.5 Å². The Morgan fingerprint density at radius 2 is 2.19 bits per heavy atom. The second kappa shape index (κ2) is 4.68. The summed E-state index contributed by atoms with van der Waals surface area (Å²) in [7, 11) is 0. The molecule has 0 radical (unpaired) electrons. The first-order valence-corrected chi connectivity index (χ1v) is 5.90. The van der Waals surface area contributed by atoms with Gasteiger partial charge in [-0.15, -0.1) is 0 Å². The van der Waals surface area contributed by atoms with E-state index >= 15 is 0 Å². The zero-order valence-electron chi connectivity index (χ0n) is 9.48. The first-order chi connectivity index (χ1) is 7.70. The van der Waals surface area contributed by atoms with Crippen LogP contribution in [0.25, 0.3) is 0 Å². The van der Waals surface area contributed by atoms with Crippen molar-refractivity contribution < 1.29 is 14.4 Å². The van der Waals surface area contributed by atoms with Crippen LogP contribution in [0.5, 0.6) is 0 Å². The van der Waals surface area contributed by atoms with Crippen molar-refractivity contribution in [2.45, 2.75) is 44.9 Å². The highest BCUT2D eigenvalue weighted by Gasteiger charge is 2.24. The molecule has 0 spiro atoms. The van der Waals surface area contributed by atoms with Crippen molar-refractivity contribution in [3.63, 3.8) is 0 Å². The van der Waals surface area contributed by atoms with E-state index in [1.807, 2.05) is 0 Å². The standard InChI is InChI=1S/C12H17NO3/c1-2-8-3-5-9(6-4-8)10-7-11(12(14)15)16-13-10/h7-9H,2-6H2,1H3,(H,14,15). The Balaban J connectivity index is 2.00. The van der Waals surface area contributed by atoms with Gasteiger partial charge in [0.05, 0.1) is 5.69 Å². The second-order valence-electron chi connectivity index (χ2n) is 4.55. The summed E-state index contributed by atoms with van der Waals surface area (Å²) in [5.41, 5.74) is 0.812. The average Bonchev–Trinajstić information content (AvgIpc) is 2.78. The third-order valence-corrected chi connectivity index (χ3v) is 3.58. The van der Waals surface area contributed by atoms with Crippen LogP contribution in [0, 0.1) is 5.92 Å². The van der Waals surface area contributed by atoms with E-state index in [4.69, 9.17) is 9.63 Å². The molecule has 0 saturated heterocycles. The predicted octanol–water partition coefficient (Wildman–Crippen LogP) is 3.06. The highest BCUT2D eigenvalue weighted by atomic mass is 16.5. The van der Waals surface area contributed by atoms with Crippen molar-refractivity contribution in [2.75, 3.05) is 0 Å². The zero-order chi connectivity index (χ0) is 11.5. The van der Waals surface area contributed by atoms with Crippen LogP contribution in [0.15, 0.2) is 10.6 Å². The van der Waals surface area contributed by atoms with Gasteiger partial charge < -0.3 is 9.63 Å². The molecule has 1 aliphatic carbocycles. The summed E-state index contributed by atoms with van der Waals surface area (Å²) >= 11 is 0. The molecule has 0 amide bonds. The number of nitrogens with zero attached hydrogens (tertiary/aromatic N) is 1. The fourth-order valence-electron chi connectivity index (χ4n) is 2.45. The van der Waals surface area contributed by atoms with Gasteiger partial charge in [0.2, 0.25) is 5.76 Å². The normalized spacial score (nSPS) is 25.6. The van der Waals surface area contributed by atoms with E-state index < -0.39 is 5.97 Å². The Labute approximate surface area is 94.6 Å². The molecule has 16 heavy (non-hydrogen) atoms. The number of carboxylic acids is 1. The van der Waals surface area contributed by atoms with E-state index in [-0.39, 0.29) is 5.76 Å². The predicted molar refractivity (Wildman–Crippen MR) is 58.5 cm³/mol. The van der Waals surface area contributed by atoms with Gasteiger partial charge >= 0.3 is 5.97 Å². The summed E-state index contributed by atoms with van der Waals surface area (Å²) in [6.07, 6.45) is 5.88. The first-order valence-electron chi connectivity index (χ1n) is 5.90. The molecule has 0 unspecified atom stereocenters.